The molecule has 1 heterocycles. The van der Waals surface area contributed by atoms with Gasteiger partial charge in [0.05, 0.1) is 22.6 Å². The van der Waals surface area contributed by atoms with E-state index < -0.39 is 0 Å². The topological polar surface area (TPSA) is 43.8 Å². The van der Waals surface area contributed by atoms with Crippen LogP contribution >= 0.6 is 27.5 Å². The third kappa shape index (κ3) is 2.33. The van der Waals surface area contributed by atoms with E-state index in [4.69, 9.17) is 17.3 Å². The van der Waals surface area contributed by atoms with E-state index in [1.165, 1.54) is 0 Å². The average molecular weight is 337 g/mol. The van der Waals surface area contributed by atoms with Gasteiger partial charge in [0.15, 0.2) is 0 Å². The number of benzene rings is 2. The van der Waals surface area contributed by atoms with Crippen molar-refractivity contribution in [3.05, 3.63) is 57.5 Å². The molecule has 2 aromatic carbocycles. The van der Waals surface area contributed by atoms with Crippen molar-refractivity contribution < 1.29 is 0 Å². The third-order valence-corrected chi connectivity index (χ3v) is 3.77. The molecule has 0 amide bonds. The molecule has 3 rings (SSSR count). The van der Waals surface area contributed by atoms with Gasteiger partial charge in [-0.05, 0) is 29.8 Å². The van der Waals surface area contributed by atoms with E-state index in [9.17, 15) is 0 Å². The van der Waals surface area contributed by atoms with Crippen LogP contribution in [0.1, 0.15) is 5.56 Å². The average Bonchev–Trinajstić information content (AvgIpc) is 2.67. The second kappa shape index (κ2) is 4.87. The van der Waals surface area contributed by atoms with Crippen molar-refractivity contribution in [2.24, 2.45) is 0 Å². The summed E-state index contributed by atoms with van der Waals surface area (Å²) in [4.78, 5) is 4.34. The maximum absolute atomic E-state index is 6.25. The van der Waals surface area contributed by atoms with Crippen LogP contribution in [0.15, 0.2) is 46.9 Å². The molecule has 0 radical (unpaired) electrons. The maximum Gasteiger partial charge on any atom is 0.201 e. The van der Waals surface area contributed by atoms with Crippen LogP contribution in [-0.4, -0.2) is 9.55 Å². The largest absolute Gasteiger partial charge is 0.369 e. The van der Waals surface area contributed by atoms with Crippen molar-refractivity contribution >= 4 is 44.5 Å². The molecule has 1 aromatic heterocycles. The van der Waals surface area contributed by atoms with E-state index in [0.29, 0.717) is 17.5 Å². The van der Waals surface area contributed by atoms with Crippen LogP contribution in [-0.2, 0) is 6.54 Å². The zero-order valence-electron chi connectivity index (χ0n) is 9.98. The zero-order valence-corrected chi connectivity index (χ0v) is 12.3. The lowest BCUT2D eigenvalue weighted by Gasteiger charge is -2.08. The summed E-state index contributed by atoms with van der Waals surface area (Å²) in [6.07, 6.45) is 0. The SMILES string of the molecule is Nc1nc2cccc(Cl)c2n1Cc1cccc(Br)c1. The first-order valence-electron chi connectivity index (χ1n) is 5.80. The third-order valence-electron chi connectivity index (χ3n) is 2.98. The summed E-state index contributed by atoms with van der Waals surface area (Å²) in [5.74, 6) is 0.475. The minimum Gasteiger partial charge on any atom is -0.369 e. The predicted molar refractivity (Wildman–Crippen MR) is 82.4 cm³/mol. The Bertz CT molecular complexity index is 752. The number of anilines is 1. The first-order valence-corrected chi connectivity index (χ1v) is 6.97. The second-order valence-corrected chi connectivity index (χ2v) is 5.62. The zero-order chi connectivity index (χ0) is 13.4. The van der Waals surface area contributed by atoms with E-state index in [1.807, 2.05) is 41.0 Å². The number of nitrogens with two attached hydrogens (primary N) is 1. The highest BCUT2D eigenvalue weighted by Crippen LogP contribution is 2.26. The molecule has 96 valence electrons. The Balaban J connectivity index is 2.12. The van der Waals surface area contributed by atoms with Gasteiger partial charge < -0.3 is 10.3 Å². The van der Waals surface area contributed by atoms with Crippen LogP contribution in [0.3, 0.4) is 0 Å². The summed E-state index contributed by atoms with van der Waals surface area (Å²) in [6.45, 7) is 0.644. The lowest BCUT2D eigenvalue weighted by molar-refractivity contribution is 0.838. The number of aromatic nitrogens is 2. The Morgan fingerprint density at radius 2 is 2.00 bits per heavy atom. The normalized spacial score (nSPS) is 11.1. The highest BCUT2D eigenvalue weighted by Gasteiger charge is 2.11. The van der Waals surface area contributed by atoms with E-state index in [1.54, 1.807) is 0 Å². The number of hydrogen-bond acceptors (Lipinski definition) is 2. The van der Waals surface area contributed by atoms with E-state index >= 15 is 0 Å². The van der Waals surface area contributed by atoms with Crippen LogP contribution < -0.4 is 5.73 Å². The Hall–Kier alpha value is -1.52. The van der Waals surface area contributed by atoms with Crippen molar-refractivity contribution in [3.8, 4) is 0 Å². The van der Waals surface area contributed by atoms with E-state index in [2.05, 4.69) is 27.0 Å². The number of hydrogen-bond donors (Lipinski definition) is 1. The van der Waals surface area contributed by atoms with Crippen LogP contribution in [0.5, 0.6) is 0 Å². The highest BCUT2D eigenvalue weighted by molar-refractivity contribution is 9.10. The van der Waals surface area contributed by atoms with Crippen LogP contribution in [0.4, 0.5) is 5.95 Å². The standard InChI is InChI=1S/C14H11BrClN3/c15-10-4-1-3-9(7-10)8-19-13-11(16)5-2-6-12(13)18-14(19)17/h1-7H,8H2,(H2,17,18). The van der Waals surface area contributed by atoms with E-state index in [-0.39, 0.29) is 0 Å². The van der Waals surface area contributed by atoms with Gasteiger partial charge in [-0.1, -0.05) is 45.7 Å². The molecule has 0 spiro atoms. The molecular weight excluding hydrogens is 326 g/mol. The molecule has 0 unspecified atom stereocenters. The Morgan fingerprint density at radius 1 is 1.21 bits per heavy atom. The van der Waals surface area contributed by atoms with E-state index in [0.717, 1.165) is 21.1 Å². The minimum atomic E-state index is 0.475. The van der Waals surface area contributed by atoms with Crippen LogP contribution in [0.25, 0.3) is 11.0 Å². The first kappa shape index (κ1) is 12.5. The van der Waals surface area contributed by atoms with Crippen LogP contribution in [0, 0.1) is 0 Å². The van der Waals surface area contributed by atoms with Crippen molar-refractivity contribution in [2.75, 3.05) is 5.73 Å². The lowest BCUT2D eigenvalue weighted by atomic mass is 10.2. The molecule has 0 aliphatic rings. The smallest absolute Gasteiger partial charge is 0.201 e. The molecule has 0 fully saturated rings. The molecule has 2 N–H and O–H groups in total. The number of imidazole rings is 1. The number of nitrogen functional groups attached to an aromatic ring is 1. The molecule has 5 heteroatoms. The van der Waals surface area contributed by atoms with Gasteiger partial charge in [-0.3, -0.25) is 0 Å². The summed E-state index contributed by atoms with van der Waals surface area (Å²) in [6, 6.07) is 13.7. The number of rotatable bonds is 2. The Labute approximate surface area is 124 Å². The molecule has 19 heavy (non-hydrogen) atoms. The van der Waals surface area contributed by atoms with Crippen molar-refractivity contribution in [1.29, 1.82) is 0 Å². The fourth-order valence-electron chi connectivity index (χ4n) is 2.14. The summed E-state index contributed by atoms with van der Waals surface area (Å²) in [5.41, 5.74) is 8.82. The quantitative estimate of drug-likeness (QED) is 0.766. The molecular formula is C14H11BrClN3. The molecule has 0 atom stereocenters. The van der Waals surface area contributed by atoms with Gasteiger partial charge in [0.25, 0.3) is 0 Å². The maximum atomic E-state index is 6.25. The second-order valence-electron chi connectivity index (χ2n) is 4.29. The molecule has 0 aliphatic heterocycles. The number of fused-ring (bicyclic) bond motifs is 1. The lowest BCUT2D eigenvalue weighted by Crippen LogP contribution is -2.04. The van der Waals surface area contributed by atoms with Crippen LogP contribution in [0.2, 0.25) is 5.02 Å². The molecule has 0 saturated carbocycles. The van der Waals surface area contributed by atoms with Crippen molar-refractivity contribution in [3.63, 3.8) is 0 Å². The molecule has 0 saturated heterocycles. The van der Waals surface area contributed by atoms with Gasteiger partial charge in [-0.25, -0.2) is 4.98 Å². The molecule has 0 bridgehead atoms. The minimum absolute atomic E-state index is 0.475. The fraction of sp³-hybridized carbons (Fsp3) is 0.0714. The molecule has 0 aliphatic carbocycles. The Kier molecular flexibility index (Phi) is 3.21. The van der Waals surface area contributed by atoms with Gasteiger partial charge in [-0.2, -0.15) is 0 Å². The van der Waals surface area contributed by atoms with Gasteiger partial charge in [-0.15, -0.1) is 0 Å². The van der Waals surface area contributed by atoms with Gasteiger partial charge in [0, 0.05) is 4.47 Å². The Morgan fingerprint density at radius 3 is 2.79 bits per heavy atom. The highest BCUT2D eigenvalue weighted by atomic mass is 79.9. The van der Waals surface area contributed by atoms with Gasteiger partial charge >= 0.3 is 0 Å². The summed E-state index contributed by atoms with van der Waals surface area (Å²) in [7, 11) is 0. The number of para-hydroxylation sites is 1. The predicted octanol–water partition coefficient (Wildman–Crippen LogP) is 4.08. The molecule has 3 nitrogen and oxygen atoms in total. The van der Waals surface area contributed by atoms with Crippen molar-refractivity contribution in [2.45, 2.75) is 6.54 Å². The summed E-state index contributed by atoms with van der Waals surface area (Å²) >= 11 is 9.71. The monoisotopic (exact) mass is 335 g/mol. The summed E-state index contributed by atoms with van der Waals surface area (Å²) in [5, 5.41) is 0.664. The first-order chi connectivity index (χ1) is 9.15. The van der Waals surface area contributed by atoms with Crippen molar-refractivity contribution in [1.82, 2.24) is 9.55 Å². The fourth-order valence-corrected chi connectivity index (χ4v) is 2.86. The van der Waals surface area contributed by atoms with Gasteiger partial charge in [0.1, 0.15) is 0 Å². The molecule has 3 aromatic rings. The van der Waals surface area contributed by atoms with Gasteiger partial charge in [0.2, 0.25) is 5.95 Å². The summed E-state index contributed by atoms with van der Waals surface area (Å²) < 4.78 is 2.97. The number of nitrogens with zero attached hydrogens (tertiary/aromatic N) is 2. The number of halogens is 2.